The Morgan fingerprint density at radius 3 is 2.48 bits per heavy atom. The molecular formula is C18H21Cl2N5. The van der Waals surface area contributed by atoms with Gasteiger partial charge in [-0.1, -0.05) is 37.0 Å². The van der Waals surface area contributed by atoms with Gasteiger partial charge in [0.1, 0.15) is 5.82 Å². The monoisotopic (exact) mass is 377 g/mol. The predicted molar refractivity (Wildman–Crippen MR) is 103 cm³/mol. The van der Waals surface area contributed by atoms with Crippen molar-refractivity contribution in [2.75, 3.05) is 5.32 Å². The molecule has 0 unspecified atom stereocenters. The third-order valence-electron chi connectivity index (χ3n) is 4.42. The Balaban J connectivity index is 2.12. The van der Waals surface area contributed by atoms with Gasteiger partial charge in [-0.25, -0.2) is 4.98 Å². The van der Waals surface area contributed by atoms with Crippen molar-refractivity contribution in [1.82, 2.24) is 19.6 Å². The van der Waals surface area contributed by atoms with E-state index in [1.165, 1.54) is 0 Å². The van der Waals surface area contributed by atoms with Crippen LogP contribution in [0, 0.1) is 13.8 Å². The summed E-state index contributed by atoms with van der Waals surface area (Å²) in [6, 6.07) is 3.57. The third-order valence-corrected chi connectivity index (χ3v) is 4.94. The van der Waals surface area contributed by atoms with Gasteiger partial charge in [0.05, 0.1) is 16.9 Å². The molecule has 0 saturated carbocycles. The minimum Gasteiger partial charge on any atom is -0.322 e. The lowest BCUT2D eigenvalue weighted by Crippen LogP contribution is -2.08. The zero-order valence-corrected chi connectivity index (χ0v) is 16.3. The number of nitrogens with zero attached hydrogens (tertiary/aromatic N) is 4. The van der Waals surface area contributed by atoms with Crippen LogP contribution in [-0.2, 0) is 0 Å². The lowest BCUT2D eigenvalue weighted by Gasteiger charge is -2.14. The number of anilines is 2. The van der Waals surface area contributed by atoms with Crippen LogP contribution in [0.3, 0.4) is 0 Å². The first-order valence-electron chi connectivity index (χ1n) is 8.39. The number of aromatic nitrogens is 4. The van der Waals surface area contributed by atoms with Gasteiger partial charge in [-0.3, -0.25) is 0 Å². The molecule has 0 amide bonds. The SMILES string of the molecule is CCC(CC)c1cnn2c(Nc3c(C)cc(Cl)cc3Cl)nc(C)nc12. The molecule has 3 aromatic rings. The van der Waals surface area contributed by atoms with Gasteiger partial charge in [0.2, 0.25) is 5.95 Å². The van der Waals surface area contributed by atoms with Crippen LogP contribution in [-0.4, -0.2) is 19.6 Å². The Bertz CT molecular complexity index is 892. The fraction of sp³-hybridized carbons (Fsp3) is 0.389. The number of hydrogen-bond acceptors (Lipinski definition) is 4. The number of rotatable bonds is 5. The number of fused-ring (bicyclic) bond motifs is 1. The quantitative estimate of drug-likeness (QED) is 0.619. The molecule has 1 aromatic carbocycles. The zero-order valence-electron chi connectivity index (χ0n) is 14.8. The average Bonchev–Trinajstić information content (AvgIpc) is 2.96. The van der Waals surface area contributed by atoms with E-state index < -0.39 is 0 Å². The molecule has 0 aliphatic rings. The summed E-state index contributed by atoms with van der Waals surface area (Å²) in [7, 11) is 0. The van der Waals surface area contributed by atoms with E-state index in [9.17, 15) is 0 Å². The molecule has 0 saturated heterocycles. The second-order valence-electron chi connectivity index (χ2n) is 6.15. The molecule has 0 aliphatic carbocycles. The highest BCUT2D eigenvalue weighted by atomic mass is 35.5. The molecular weight excluding hydrogens is 357 g/mol. The molecule has 132 valence electrons. The van der Waals surface area contributed by atoms with Gasteiger partial charge in [-0.2, -0.15) is 14.6 Å². The van der Waals surface area contributed by atoms with Crippen molar-refractivity contribution in [2.24, 2.45) is 0 Å². The molecule has 5 nitrogen and oxygen atoms in total. The lowest BCUT2D eigenvalue weighted by atomic mass is 9.96. The fourth-order valence-electron chi connectivity index (χ4n) is 3.07. The van der Waals surface area contributed by atoms with Crippen LogP contribution in [0.4, 0.5) is 11.6 Å². The first-order valence-corrected chi connectivity index (χ1v) is 9.15. The number of aryl methyl sites for hydroxylation is 2. The van der Waals surface area contributed by atoms with Gasteiger partial charge in [0.15, 0.2) is 5.65 Å². The summed E-state index contributed by atoms with van der Waals surface area (Å²) in [5, 5.41) is 8.96. The average molecular weight is 378 g/mol. The zero-order chi connectivity index (χ0) is 18.1. The lowest BCUT2D eigenvalue weighted by molar-refractivity contribution is 0.645. The molecule has 25 heavy (non-hydrogen) atoms. The van der Waals surface area contributed by atoms with Crippen molar-refractivity contribution in [2.45, 2.75) is 46.5 Å². The van der Waals surface area contributed by atoms with Gasteiger partial charge in [0.25, 0.3) is 0 Å². The predicted octanol–water partition coefficient (Wildman–Crippen LogP) is 5.70. The Morgan fingerprint density at radius 1 is 1.12 bits per heavy atom. The maximum atomic E-state index is 6.36. The van der Waals surface area contributed by atoms with Crippen molar-refractivity contribution >= 4 is 40.5 Å². The Morgan fingerprint density at radius 2 is 1.84 bits per heavy atom. The van der Waals surface area contributed by atoms with Gasteiger partial charge in [-0.05, 0) is 50.3 Å². The van der Waals surface area contributed by atoms with Crippen molar-refractivity contribution in [3.8, 4) is 0 Å². The van der Waals surface area contributed by atoms with E-state index in [0.29, 0.717) is 27.7 Å². The summed E-state index contributed by atoms with van der Waals surface area (Å²) in [5.74, 6) is 1.71. The summed E-state index contributed by atoms with van der Waals surface area (Å²) in [6.45, 7) is 8.19. The summed E-state index contributed by atoms with van der Waals surface area (Å²) in [4.78, 5) is 9.12. The van der Waals surface area contributed by atoms with Gasteiger partial charge >= 0.3 is 0 Å². The number of halogens is 2. The molecule has 1 N–H and O–H groups in total. The molecule has 0 radical (unpaired) electrons. The Labute approximate surface area is 157 Å². The smallest absolute Gasteiger partial charge is 0.232 e. The van der Waals surface area contributed by atoms with Gasteiger partial charge in [-0.15, -0.1) is 0 Å². The fourth-order valence-corrected chi connectivity index (χ4v) is 3.71. The second kappa shape index (κ2) is 7.18. The van der Waals surface area contributed by atoms with Crippen LogP contribution in [0.15, 0.2) is 18.3 Å². The molecule has 0 atom stereocenters. The molecule has 0 bridgehead atoms. The van der Waals surface area contributed by atoms with E-state index in [2.05, 4.69) is 34.2 Å². The van der Waals surface area contributed by atoms with Crippen LogP contribution in [0.2, 0.25) is 10.0 Å². The van der Waals surface area contributed by atoms with Crippen molar-refractivity contribution < 1.29 is 0 Å². The minimum absolute atomic E-state index is 0.431. The third kappa shape index (κ3) is 3.44. The Kier molecular flexibility index (Phi) is 5.16. The van der Waals surface area contributed by atoms with Crippen molar-refractivity contribution in [3.63, 3.8) is 0 Å². The van der Waals surface area contributed by atoms with Crippen LogP contribution in [0.1, 0.15) is 49.6 Å². The van der Waals surface area contributed by atoms with E-state index in [0.717, 1.165) is 35.3 Å². The first kappa shape index (κ1) is 18.0. The van der Waals surface area contributed by atoms with E-state index in [1.54, 1.807) is 10.6 Å². The van der Waals surface area contributed by atoms with Gasteiger partial charge in [0, 0.05) is 10.6 Å². The molecule has 2 aromatic heterocycles. The highest BCUT2D eigenvalue weighted by molar-refractivity contribution is 6.36. The molecule has 7 heteroatoms. The largest absolute Gasteiger partial charge is 0.322 e. The number of hydrogen-bond donors (Lipinski definition) is 1. The van der Waals surface area contributed by atoms with E-state index >= 15 is 0 Å². The molecule has 0 fully saturated rings. The second-order valence-corrected chi connectivity index (χ2v) is 6.99. The summed E-state index contributed by atoms with van der Waals surface area (Å²) < 4.78 is 1.74. The van der Waals surface area contributed by atoms with Crippen LogP contribution in [0.25, 0.3) is 5.65 Å². The molecule has 0 spiro atoms. The summed E-state index contributed by atoms with van der Waals surface area (Å²) in [5.41, 5.74) is 3.70. The summed E-state index contributed by atoms with van der Waals surface area (Å²) in [6.07, 6.45) is 3.99. The van der Waals surface area contributed by atoms with Crippen LogP contribution < -0.4 is 5.32 Å². The van der Waals surface area contributed by atoms with Crippen LogP contribution in [0.5, 0.6) is 0 Å². The van der Waals surface area contributed by atoms with Crippen molar-refractivity contribution in [1.29, 1.82) is 0 Å². The summed E-state index contributed by atoms with van der Waals surface area (Å²) >= 11 is 12.4. The molecule has 2 heterocycles. The van der Waals surface area contributed by atoms with E-state index in [-0.39, 0.29) is 0 Å². The normalized spacial score (nSPS) is 11.5. The van der Waals surface area contributed by atoms with E-state index in [1.807, 2.05) is 26.1 Å². The number of nitrogens with one attached hydrogen (secondary N) is 1. The first-order chi connectivity index (χ1) is 11.9. The minimum atomic E-state index is 0.431. The Hall–Kier alpha value is -1.85. The maximum absolute atomic E-state index is 6.36. The molecule has 0 aliphatic heterocycles. The topological polar surface area (TPSA) is 55.1 Å². The highest BCUT2D eigenvalue weighted by Crippen LogP contribution is 2.32. The number of benzene rings is 1. The van der Waals surface area contributed by atoms with Crippen molar-refractivity contribution in [3.05, 3.63) is 45.3 Å². The highest BCUT2D eigenvalue weighted by Gasteiger charge is 2.18. The van der Waals surface area contributed by atoms with E-state index in [4.69, 9.17) is 23.2 Å². The van der Waals surface area contributed by atoms with Crippen LogP contribution >= 0.6 is 23.2 Å². The van der Waals surface area contributed by atoms with Gasteiger partial charge < -0.3 is 5.32 Å². The maximum Gasteiger partial charge on any atom is 0.232 e. The molecule has 3 rings (SSSR count). The standard InChI is InChI=1S/C18H21Cl2N5/c1-5-12(6-2)14-9-21-25-17(14)22-11(4)23-18(25)24-16-10(3)7-13(19)8-15(16)20/h7-9,12H,5-6H2,1-4H3,(H,22,23,24).